The second-order valence-corrected chi connectivity index (χ2v) is 13.9. The Morgan fingerprint density at radius 1 is 1.29 bits per heavy atom. The molecule has 1 aliphatic heterocycles. The smallest absolute Gasteiger partial charge is 0.222 e. The van der Waals surface area contributed by atoms with Crippen molar-refractivity contribution in [2.75, 3.05) is 0 Å². The normalized spacial score (nSPS) is 30.2. The highest BCUT2D eigenvalue weighted by molar-refractivity contribution is 6.74. The van der Waals surface area contributed by atoms with Gasteiger partial charge >= 0.3 is 0 Å². The molecule has 24 heavy (non-hydrogen) atoms. The minimum atomic E-state index is -1.99. The zero-order valence-electron chi connectivity index (χ0n) is 17.1. The summed E-state index contributed by atoms with van der Waals surface area (Å²) in [5, 5.41) is 0.0938. The van der Waals surface area contributed by atoms with E-state index in [2.05, 4.69) is 40.8 Å². The van der Waals surface area contributed by atoms with Gasteiger partial charge < -0.3 is 19.6 Å². The number of rotatable bonds is 6. The number of carbonyl (C=O) groups excluding carboxylic acids is 1. The molecular formula is C18H37NO4Si. The lowest BCUT2D eigenvalue weighted by Gasteiger charge is -2.45. The van der Waals surface area contributed by atoms with Crippen molar-refractivity contribution in [1.29, 1.82) is 0 Å². The number of hydrogen-bond acceptors (Lipinski definition) is 4. The van der Waals surface area contributed by atoms with Crippen molar-refractivity contribution in [3.63, 3.8) is 0 Å². The number of primary amides is 1. The Kier molecular flexibility index (Phi) is 6.04. The summed E-state index contributed by atoms with van der Waals surface area (Å²) in [5.41, 5.74) is 4.84. The van der Waals surface area contributed by atoms with Crippen molar-refractivity contribution < 1.29 is 18.7 Å². The van der Waals surface area contributed by atoms with E-state index in [9.17, 15) is 4.79 Å². The van der Waals surface area contributed by atoms with Crippen molar-refractivity contribution in [3.05, 3.63) is 0 Å². The van der Waals surface area contributed by atoms with E-state index in [1.807, 2.05) is 20.8 Å². The molecule has 4 atom stereocenters. The largest absolute Gasteiger partial charge is 0.411 e. The van der Waals surface area contributed by atoms with E-state index in [4.69, 9.17) is 19.6 Å². The first-order chi connectivity index (χ1) is 10.6. The van der Waals surface area contributed by atoms with E-state index in [1.165, 1.54) is 0 Å². The van der Waals surface area contributed by atoms with Crippen molar-refractivity contribution >= 4 is 14.2 Å². The molecule has 0 aromatic heterocycles. The van der Waals surface area contributed by atoms with Gasteiger partial charge in [0.15, 0.2) is 14.1 Å². The van der Waals surface area contributed by atoms with E-state index in [0.29, 0.717) is 0 Å². The highest BCUT2D eigenvalue weighted by Crippen LogP contribution is 2.46. The third kappa shape index (κ3) is 4.21. The minimum absolute atomic E-state index is 0.0938. The quantitative estimate of drug-likeness (QED) is 0.732. The average molecular weight is 360 g/mol. The molecule has 0 spiro atoms. The molecule has 4 unspecified atom stereocenters. The lowest BCUT2D eigenvalue weighted by Crippen LogP contribution is -2.57. The lowest BCUT2D eigenvalue weighted by molar-refractivity contribution is -0.177. The molecule has 1 amide bonds. The van der Waals surface area contributed by atoms with Crippen LogP contribution >= 0.6 is 0 Å². The van der Waals surface area contributed by atoms with Gasteiger partial charge in [0.2, 0.25) is 5.91 Å². The molecule has 1 aliphatic rings. The summed E-state index contributed by atoms with van der Waals surface area (Å²) in [6, 6.07) is 0. The maximum atomic E-state index is 11.8. The molecule has 1 fully saturated rings. The fourth-order valence-corrected chi connectivity index (χ4v) is 4.63. The van der Waals surface area contributed by atoms with E-state index >= 15 is 0 Å². The van der Waals surface area contributed by atoms with E-state index in [0.717, 1.165) is 6.42 Å². The summed E-state index contributed by atoms with van der Waals surface area (Å²) < 4.78 is 19.1. The lowest BCUT2D eigenvalue weighted by atomic mass is 9.84. The molecule has 0 aromatic carbocycles. The van der Waals surface area contributed by atoms with Crippen molar-refractivity contribution in [2.45, 2.75) is 104 Å². The van der Waals surface area contributed by atoms with Crippen LogP contribution in [-0.2, 0) is 18.7 Å². The first-order valence-electron chi connectivity index (χ1n) is 8.92. The topological polar surface area (TPSA) is 70.8 Å². The van der Waals surface area contributed by atoms with Gasteiger partial charge in [0, 0.05) is 0 Å². The van der Waals surface area contributed by atoms with Gasteiger partial charge in [-0.2, -0.15) is 0 Å². The summed E-state index contributed by atoms with van der Waals surface area (Å²) in [7, 11) is -1.99. The first-order valence-corrected chi connectivity index (χ1v) is 11.8. The Morgan fingerprint density at radius 2 is 1.79 bits per heavy atom. The average Bonchev–Trinajstić information content (AvgIpc) is 2.64. The molecule has 1 rings (SSSR count). The van der Waals surface area contributed by atoms with Crippen LogP contribution in [0.15, 0.2) is 0 Å². The van der Waals surface area contributed by atoms with Crippen LogP contribution in [0.3, 0.4) is 0 Å². The van der Waals surface area contributed by atoms with Crippen LogP contribution in [-0.4, -0.2) is 37.8 Å². The highest BCUT2D eigenvalue weighted by atomic mass is 28.4. The third-order valence-electron chi connectivity index (χ3n) is 5.60. The summed E-state index contributed by atoms with van der Waals surface area (Å²) in [5.74, 6) is -1.60. The van der Waals surface area contributed by atoms with Crippen molar-refractivity contribution in [2.24, 2.45) is 11.7 Å². The molecule has 5 nitrogen and oxygen atoms in total. The molecule has 0 aliphatic carbocycles. The molecule has 0 radical (unpaired) electrons. The second kappa shape index (κ2) is 6.70. The number of hydrogen-bond donors (Lipinski definition) is 1. The van der Waals surface area contributed by atoms with Gasteiger partial charge in [-0.25, -0.2) is 0 Å². The summed E-state index contributed by atoms with van der Waals surface area (Å²) >= 11 is 0. The van der Waals surface area contributed by atoms with Crippen molar-refractivity contribution in [3.8, 4) is 0 Å². The summed E-state index contributed by atoms with van der Waals surface area (Å²) in [6.45, 7) is 20.7. The molecule has 0 bridgehead atoms. The molecule has 2 N–H and O–H groups in total. The van der Waals surface area contributed by atoms with Crippen LogP contribution in [0.1, 0.15) is 61.8 Å². The molecular weight excluding hydrogens is 322 g/mol. The van der Waals surface area contributed by atoms with E-state index in [-0.39, 0.29) is 17.0 Å². The van der Waals surface area contributed by atoms with Gasteiger partial charge in [0.1, 0.15) is 11.7 Å². The monoisotopic (exact) mass is 359 g/mol. The Labute approximate surface area is 148 Å². The Hall–Kier alpha value is -0.433. The third-order valence-corrected chi connectivity index (χ3v) is 10.1. The zero-order chi connectivity index (χ0) is 19.1. The second-order valence-electron chi connectivity index (χ2n) is 9.19. The molecule has 142 valence electrons. The molecule has 1 saturated heterocycles. The van der Waals surface area contributed by atoms with Crippen LogP contribution < -0.4 is 5.73 Å². The van der Waals surface area contributed by atoms with Crippen LogP contribution in [0.25, 0.3) is 0 Å². The van der Waals surface area contributed by atoms with Crippen molar-refractivity contribution in [1.82, 2.24) is 0 Å². The maximum Gasteiger partial charge on any atom is 0.222 e. The number of carbonyl (C=O) groups is 1. The fourth-order valence-electron chi connectivity index (χ4n) is 3.17. The SMILES string of the molecule is CCC(O[Si](C)(C)C(C)(C)C)C1(C)OC(C)(C)OC1C(C)C(N)=O. The van der Waals surface area contributed by atoms with Crippen LogP contribution in [0.2, 0.25) is 18.1 Å². The number of ether oxygens (including phenoxy) is 2. The Balaban J connectivity index is 3.22. The van der Waals surface area contributed by atoms with Crippen LogP contribution in [0, 0.1) is 5.92 Å². The summed E-state index contributed by atoms with van der Waals surface area (Å²) in [6.07, 6.45) is 0.191. The number of amides is 1. The van der Waals surface area contributed by atoms with Crippen LogP contribution in [0.5, 0.6) is 0 Å². The predicted octanol–water partition coefficient (Wildman–Crippen LogP) is 3.82. The maximum absolute atomic E-state index is 11.8. The fraction of sp³-hybridized carbons (Fsp3) is 0.944. The predicted molar refractivity (Wildman–Crippen MR) is 99.2 cm³/mol. The molecule has 6 heteroatoms. The zero-order valence-corrected chi connectivity index (χ0v) is 18.1. The Bertz CT molecular complexity index is 472. The molecule has 0 aromatic rings. The Morgan fingerprint density at radius 3 is 2.17 bits per heavy atom. The van der Waals surface area contributed by atoms with Gasteiger partial charge in [0.05, 0.1) is 12.0 Å². The van der Waals surface area contributed by atoms with E-state index < -0.39 is 31.7 Å². The van der Waals surface area contributed by atoms with E-state index in [1.54, 1.807) is 6.92 Å². The van der Waals surface area contributed by atoms with Gasteiger partial charge in [-0.15, -0.1) is 0 Å². The summed E-state index contributed by atoms with van der Waals surface area (Å²) in [4.78, 5) is 11.8. The highest BCUT2D eigenvalue weighted by Gasteiger charge is 2.58. The number of nitrogens with two attached hydrogens (primary N) is 1. The van der Waals surface area contributed by atoms with Gasteiger partial charge in [-0.1, -0.05) is 34.6 Å². The first kappa shape index (κ1) is 21.6. The van der Waals surface area contributed by atoms with Crippen LogP contribution in [0.4, 0.5) is 0 Å². The minimum Gasteiger partial charge on any atom is -0.411 e. The van der Waals surface area contributed by atoms with Gasteiger partial charge in [0.25, 0.3) is 0 Å². The molecule has 0 saturated carbocycles. The standard InChI is InChI=1S/C18H37NO4Si/c1-11-13(22-24(9,10)16(3,4)5)18(8)14(12(2)15(19)20)21-17(6,7)23-18/h12-14H,11H2,1-10H3,(H2,19,20). The van der Waals surface area contributed by atoms with Gasteiger partial charge in [-0.3, -0.25) is 4.79 Å². The van der Waals surface area contributed by atoms with Gasteiger partial charge in [-0.05, 0) is 45.3 Å². The molecule has 1 heterocycles.